The summed E-state index contributed by atoms with van der Waals surface area (Å²) in [6, 6.07) is 6.51. The largest absolute Gasteiger partial charge is 0.417 e. The van der Waals surface area contributed by atoms with Gasteiger partial charge in [-0.25, -0.2) is 10.7 Å². The average Bonchev–Trinajstić information content (AvgIpc) is 3.40. The fraction of sp³-hybridized carbons (Fsp3) is 0.619. The fourth-order valence-corrected chi connectivity index (χ4v) is 5.01. The van der Waals surface area contributed by atoms with E-state index in [9.17, 15) is 13.2 Å². The van der Waals surface area contributed by atoms with Crippen molar-refractivity contribution in [3.8, 4) is 0 Å². The molecule has 5 rings (SSSR count). The summed E-state index contributed by atoms with van der Waals surface area (Å²) in [7, 11) is 0. The van der Waals surface area contributed by atoms with Gasteiger partial charge in [0.1, 0.15) is 6.10 Å². The number of hydroxylamine groups is 1. The molecule has 1 aliphatic carbocycles. The van der Waals surface area contributed by atoms with Gasteiger partial charge in [-0.1, -0.05) is 18.2 Å². The Kier molecular flexibility index (Phi) is 4.85. The molecule has 0 aromatic heterocycles. The number of nitrogens with zero attached hydrogens (tertiary/aromatic N) is 1. The van der Waals surface area contributed by atoms with Crippen molar-refractivity contribution in [2.75, 3.05) is 6.61 Å². The van der Waals surface area contributed by atoms with E-state index in [2.05, 4.69) is 5.32 Å². The van der Waals surface area contributed by atoms with Crippen molar-refractivity contribution < 1.29 is 22.7 Å². The summed E-state index contributed by atoms with van der Waals surface area (Å²) in [5, 5.41) is 4.61. The minimum absolute atomic E-state index is 0.0506. The zero-order valence-electron chi connectivity index (χ0n) is 16.1. The first kappa shape index (κ1) is 19.4. The predicted molar refractivity (Wildman–Crippen MR) is 101 cm³/mol. The Labute approximate surface area is 167 Å². The van der Waals surface area contributed by atoms with Crippen molar-refractivity contribution in [3.63, 3.8) is 0 Å². The summed E-state index contributed by atoms with van der Waals surface area (Å²) in [4.78, 5) is 5.80. The van der Waals surface area contributed by atoms with Crippen LogP contribution in [0.15, 0.2) is 29.8 Å². The highest BCUT2D eigenvalue weighted by atomic mass is 19.4. The van der Waals surface area contributed by atoms with Crippen LogP contribution < -0.4 is 11.2 Å². The summed E-state index contributed by atoms with van der Waals surface area (Å²) in [6.45, 7) is 0.250. The molecule has 0 spiro atoms. The second kappa shape index (κ2) is 7.27. The molecular weight excluding hydrogens is 383 g/mol. The Hall–Kier alpha value is -1.61. The summed E-state index contributed by atoms with van der Waals surface area (Å²) in [5.41, 5.74) is 0.377. The van der Waals surface area contributed by atoms with E-state index in [0.717, 1.165) is 42.5 Å². The van der Waals surface area contributed by atoms with Crippen molar-refractivity contribution in [3.05, 3.63) is 41.0 Å². The molecule has 3 unspecified atom stereocenters. The van der Waals surface area contributed by atoms with E-state index in [1.165, 1.54) is 25.0 Å². The van der Waals surface area contributed by atoms with Crippen LogP contribution in [0, 0.1) is 5.92 Å². The molecule has 3 atom stereocenters. The smallest absolute Gasteiger partial charge is 0.374 e. The van der Waals surface area contributed by atoms with Gasteiger partial charge in [0, 0.05) is 23.2 Å². The first-order valence-corrected chi connectivity index (χ1v) is 10.4. The summed E-state index contributed by atoms with van der Waals surface area (Å²) in [6.07, 6.45) is 1.55. The van der Waals surface area contributed by atoms with Crippen LogP contribution in [0.25, 0.3) is 5.70 Å². The normalized spacial score (nSPS) is 32.3. The summed E-state index contributed by atoms with van der Waals surface area (Å²) < 4.78 is 47.1. The number of fused-ring (bicyclic) bond motifs is 2. The molecule has 3 fully saturated rings. The highest BCUT2D eigenvalue weighted by Gasteiger charge is 2.45. The maximum absolute atomic E-state index is 13.6. The predicted octanol–water partition coefficient (Wildman–Crippen LogP) is 3.62. The third kappa shape index (κ3) is 3.79. The molecule has 5 nitrogen and oxygen atoms in total. The van der Waals surface area contributed by atoms with Crippen LogP contribution in [-0.2, 0) is 15.8 Å². The maximum atomic E-state index is 13.6. The van der Waals surface area contributed by atoms with Gasteiger partial charge in [0.15, 0.2) is 0 Å². The minimum atomic E-state index is -4.47. The molecule has 2 saturated heterocycles. The van der Waals surface area contributed by atoms with E-state index in [1.807, 2.05) is 0 Å². The van der Waals surface area contributed by atoms with Gasteiger partial charge < -0.3 is 10.1 Å². The zero-order valence-corrected chi connectivity index (χ0v) is 16.1. The highest BCUT2D eigenvalue weighted by Crippen LogP contribution is 2.46. The van der Waals surface area contributed by atoms with Crippen LogP contribution in [0.1, 0.15) is 49.7 Å². The third-order valence-corrected chi connectivity index (χ3v) is 6.54. The fourth-order valence-electron chi connectivity index (χ4n) is 5.01. The van der Waals surface area contributed by atoms with E-state index < -0.39 is 11.7 Å². The first-order valence-electron chi connectivity index (χ1n) is 10.4. The van der Waals surface area contributed by atoms with E-state index in [4.69, 9.17) is 15.4 Å². The standard InChI is InChI=1S/C21H26F3N3O2/c22-21(23,24)18-4-2-1-3-16(18)19-17(20(12-5-6-12)29-27(19)25)11-28-15-9-13-7-8-14(10-15)26-13/h1-4,12-15,20,26H,5-11,25H2. The van der Waals surface area contributed by atoms with Crippen molar-refractivity contribution >= 4 is 5.70 Å². The van der Waals surface area contributed by atoms with Crippen LogP contribution in [0.3, 0.4) is 0 Å². The minimum Gasteiger partial charge on any atom is -0.374 e. The Bertz CT molecular complexity index is 797. The van der Waals surface area contributed by atoms with Crippen molar-refractivity contribution in [2.45, 2.75) is 69.0 Å². The van der Waals surface area contributed by atoms with Crippen LogP contribution in [0.5, 0.6) is 0 Å². The van der Waals surface area contributed by atoms with Gasteiger partial charge in [0.2, 0.25) is 0 Å². The number of rotatable bonds is 5. The van der Waals surface area contributed by atoms with E-state index >= 15 is 0 Å². The second-order valence-electron chi connectivity index (χ2n) is 8.65. The van der Waals surface area contributed by atoms with Crippen LogP contribution in [-0.4, -0.2) is 36.1 Å². The number of hydrazine groups is 1. The third-order valence-electron chi connectivity index (χ3n) is 6.54. The SMILES string of the molecule is NN1OC(C2CC2)C(COC2CC3CCC(C2)N3)=C1c1ccccc1C(F)(F)F. The molecule has 1 aromatic carbocycles. The van der Waals surface area contributed by atoms with Gasteiger partial charge >= 0.3 is 6.18 Å². The van der Waals surface area contributed by atoms with Crippen molar-refractivity contribution in [1.82, 2.24) is 10.5 Å². The van der Waals surface area contributed by atoms with Crippen molar-refractivity contribution in [1.29, 1.82) is 0 Å². The first-order chi connectivity index (χ1) is 13.9. The molecule has 4 aliphatic rings. The monoisotopic (exact) mass is 409 g/mol. The lowest BCUT2D eigenvalue weighted by Crippen LogP contribution is -2.41. The average molecular weight is 409 g/mol. The number of benzene rings is 1. The summed E-state index contributed by atoms with van der Waals surface area (Å²) >= 11 is 0. The van der Waals surface area contributed by atoms with Gasteiger partial charge in [-0.15, -0.1) is 0 Å². The lowest BCUT2D eigenvalue weighted by molar-refractivity contribution is -0.140. The van der Waals surface area contributed by atoms with Crippen LogP contribution in [0.2, 0.25) is 0 Å². The number of piperidine rings is 1. The van der Waals surface area contributed by atoms with E-state index in [0.29, 0.717) is 23.7 Å². The Morgan fingerprint density at radius 2 is 1.79 bits per heavy atom. The number of nitrogens with two attached hydrogens (primary N) is 1. The number of halogens is 3. The van der Waals surface area contributed by atoms with Gasteiger partial charge in [0.25, 0.3) is 0 Å². The van der Waals surface area contributed by atoms with Crippen molar-refractivity contribution in [2.24, 2.45) is 11.8 Å². The quantitative estimate of drug-likeness (QED) is 0.728. The van der Waals surface area contributed by atoms with Crippen LogP contribution >= 0.6 is 0 Å². The molecule has 158 valence electrons. The molecular formula is C21H26F3N3O2. The maximum Gasteiger partial charge on any atom is 0.417 e. The summed E-state index contributed by atoms with van der Waals surface area (Å²) in [5.74, 6) is 6.34. The molecule has 3 heterocycles. The number of alkyl halides is 3. The van der Waals surface area contributed by atoms with Gasteiger partial charge in [0.05, 0.1) is 24.0 Å². The molecule has 29 heavy (non-hydrogen) atoms. The molecule has 0 radical (unpaired) electrons. The number of nitrogens with one attached hydrogen (secondary N) is 1. The molecule has 0 amide bonds. The lowest BCUT2D eigenvalue weighted by Gasteiger charge is -2.29. The Morgan fingerprint density at radius 3 is 2.45 bits per heavy atom. The molecule has 2 bridgehead atoms. The Morgan fingerprint density at radius 1 is 1.10 bits per heavy atom. The highest BCUT2D eigenvalue weighted by molar-refractivity contribution is 5.71. The molecule has 3 aliphatic heterocycles. The van der Waals surface area contributed by atoms with Gasteiger partial charge in [-0.05, 0) is 50.5 Å². The number of ether oxygens (including phenoxy) is 1. The number of hydrogen-bond acceptors (Lipinski definition) is 5. The molecule has 3 N–H and O–H groups in total. The number of hydrogen-bond donors (Lipinski definition) is 2. The molecule has 1 aromatic rings. The van der Waals surface area contributed by atoms with E-state index in [1.54, 1.807) is 6.07 Å². The molecule has 8 heteroatoms. The van der Waals surface area contributed by atoms with Gasteiger partial charge in [-0.2, -0.15) is 18.3 Å². The molecule has 1 saturated carbocycles. The lowest BCUT2D eigenvalue weighted by atomic mass is 9.97. The second-order valence-corrected chi connectivity index (χ2v) is 8.65. The topological polar surface area (TPSA) is 59.8 Å². The Balaban J connectivity index is 1.45. The zero-order chi connectivity index (χ0) is 20.2. The van der Waals surface area contributed by atoms with Crippen LogP contribution in [0.4, 0.5) is 13.2 Å². The van der Waals surface area contributed by atoms with E-state index in [-0.39, 0.29) is 24.4 Å². The van der Waals surface area contributed by atoms with Gasteiger partial charge in [-0.3, -0.25) is 0 Å².